The lowest BCUT2D eigenvalue weighted by Gasteiger charge is -2.11. The maximum Gasteiger partial charge on any atom is 0.343 e. The van der Waals surface area contributed by atoms with Crippen molar-refractivity contribution in [3.8, 4) is 5.75 Å². The molecule has 0 unspecified atom stereocenters. The number of benzene rings is 4. The molecule has 0 spiro atoms. The molecule has 0 saturated carbocycles. The van der Waals surface area contributed by atoms with Gasteiger partial charge in [0.1, 0.15) is 5.75 Å². The van der Waals surface area contributed by atoms with Crippen molar-refractivity contribution < 1.29 is 22.7 Å². The normalized spacial score (nSPS) is 11.5. The van der Waals surface area contributed by atoms with Crippen molar-refractivity contribution in [2.45, 2.75) is 18.7 Å². The molecule has 1 amide bonds. The summed E-state index contributed by atoms with van der Waals surface area (Å²) in [7, 11) is -3.85. The van der Waals surface area contributed by atoms with Gasteiger partial charge in [-0.05, 0) is 55.0 Å². The molecule has 0 aliphatic rings. The summed E-state index contributed by atoms with van der Waals surface area (Å²) in [6, 6.07) is 24.3. The minimum absolute atomic E-state index is 0.0604. The first-order valence-corrected chi connectivity index (χ1v) is 12.9. The molecule has 188 valence electrons. The highest BCUT2D eigenvalue weighted by Crippen LogP contribution is 2.27. The number of nitrogens with one attached hydrogen (secondary N) is 2. The van der Waals surface area contributed by atoms with E-state index in [0.29, 0.717) is 11.1 Å². The van der Waals surface area contributed by atoms with E-state index in [-0.39, 0.29) is 10.6 Å². The highest BCUT2D eigenvalue weighted by molar-refractivity contribution is 7.89. The summed E-state index contributed by atoms with van der Waals surface area (Å²) < 4.78 is 32.7. The summed E-state index contributed by atoms with van der Waals surface area (Å²) in [4.78, 5) is 25.1. The van der Waals surface area contributed by atoms with Crippen LogP contribution in [-0.4, -0.2) is 33.1 Å². The highest BCUT2D eigenvalue weighted by atomic mass is 32.2. The molecule has 0 aliphatic heterocycles. The summed E-state index contributed by atoms with van der Waals surface area (Å²) >= 11 is 0. The molecule has 8 nitrogen and oxygen atoms in total. The van der Waals surface area contributed by atoms with E-state index in [0.717, 1.165) is 21.9 Å². The third-order valence-electron chi connectivity index (χ3n) is 5.52. The van der Waals surface area contributed by atoms with Gasteiger partial charge in [0.15, 0.2) is 0 Å². The molecule has 4 aromatic carbocycles. The van der Waals surface area contributed by atoms with Gasteiger partial charge in [-0.15, -0.1) is 0 Å². The van der Waals surface area contributed by atoms with Crippen LogP contribution in [0, 0.1) is 13.8 Å². The third-order valence-corrected chi connectivity index (χ3v) is 6.94. The maximum absolute atomic E-state index is 12.7. The Morgan fingerprint density at radius 2 is 1.65 bits per heavy atom. The van der Waals surface area contributed by atoms with Gasteiger partial charge in [0.25, 0.3) is 5.91 Å². The van der Waals surface area contributed by atoms with Crippen molar-refractivity contribution in [1.29, 1.82) is 0 Å². The Labute approximate surface area is 215 Å². The van der Waals surface area contributed by atoms with Crippen LogP contribution in [0.4, 0.5) is 0 Å². The molecule has 0 atom stereocenters. The van der Waals surface area contributed by atoms with Crippen molar-refractivity contribution >= 4 is 38.9 Å². The number of rotatable bonds is 8. The van der Waals surface area contributed by atoms with E-state index in [9.17, 15) is 18.0 Å². The van der Waals surface area contributed by atoms with E-state index >= 15 is 0 Å². The number of carbonyl (C=O) groups is 2. The van der Waals surface area contributed by atoms with E-state index < -0.39 is 28.4 Å². The zero-order valence-electron chi connectivity index (χ0n) is 20.3. The van der Waals surface area contributed by atoms with Crippen LogP contribution in [0.25, 0.3) is 10.8 Å². The lowest BCUT2D eigenvalue weighted by molar-refractivity contribution is -0.119. The van der Waals surface area contributed by atoms with Crippen LogP contribution in [0.1, 0.15) is 27.0 Å². The van der Waals surface area contributed by atoms with Crippen LogP contribution < -0.4 is 14.9 Å². The summed E-state index contributed by atoms with van der Waals surface area (Å²) in [6.07, 6.45) is 1.37. The lowest BCUT2D eigenvalue weighted by atomic mass is 10.0. The topological polar surface area (TPSA) is 114 Å². The number of hydrogen-bond acceptors (Lipinski definition) is 6. The van der Waals surface area contributed by atoms with E-state index in [1.54, 1.807) is 36.4 Å². The van der Waals surface area contributed by atoms with Gasteiger partial charge in [-0.3, -0.25) is 4.79 Å². The molecule has 4 rings (SSSR count). The van der Waals surface area contributed by atoms with Crippen LogP contribution in [0.5, 0.6) is 5.75 Å². The van der Waals surface area contributed by atoms with Crippen LogP contribution in [-0.2, 0) is 14.8 Å². The smallest absolute Gasteiger partial charge is 0.343 e. The van der Waals surface area contributed by atoms with Gasteiger partial charge in [-0.1, -0.05) is 65.7 Å². The zero-order valence-corrected chi connectivity index (χ0v) is 21.1. The standard InChI is InChI=1S/C28H25N3O5S/c1-19-10-13-23(14-11-19)37(34,35)30-18-27(32)31-29-17-25-24-9-4-3-7-21(24)12-15-26(25)36-28(33)22-8-5-6-20(2)16-22/h3-17,30H,18H2,1-2H3,(H,31,32)/b29-17+. The number of fused-ring (bicyclic) bond motifs is 1. The Morgan fingerprint density at radius 1 is 0.892 bits per heavy atom. The minimum Gasteiger partial charge on any atom is -0.422 e. The molecule has 0 bridgehead atoms. The Kier molecular flexibility index (Phi) is 7.76. The van der Waals surface area contributed by atoms with Crippen LogP contribution in [0.15, 0.2) is 94.9 Å². The van der Waals surface area contributed by atoms with Gasteiger partial charge in [0.2, 0.25) is 10.0 Å². The molecule has 0 saturated heterocycles. The molecular formula is C28H25N3O5S. The van der Waals surface area contributed by atoms with Gasteiger partial charge >= 0.3 is 5.97 Å². The fourth-order valence-electron chi connectivity index (χ4n) is 3.60. The van der Waals surface area contributed by atoms with Crippen molar-refractivity contribution in [3.63, 3.8) is 0 Å². The summed E-state index contributed by atoms with van der Waals surface area (Å²) in [5, 5.41) is 5.63. The molecule has 0 fully saturated rings. The highest BCUT2D eigenvalue weighted by Gasteiger charge is 2.16. The average molecular weight is 516 g/mol. The summed E-state index contributed by atoms with van der Waals surface area (Å²) in [5.41, 5.74) is 5.05. The molecule has 2 N–H and O–H groups in total. The number of amides is 1. The number of aryl methyl sites for hydroxylation is 2. The molecule has 0 radical (unpaired) electrons. The zero-order chi connectivity index (χ0) is 26.4. The second kappa shape index (κ2) is 11.2. The number of ether oxygens (including phenoxy) is 1. The van der Waals surface area contributed by atoms with Gasteiger partial charge in [-0.25, -0.2) is 23.4 Å². The van der Waals surface area contributed by atoms with Gasteiger partial charge < -0.3 is 4.74 Å². The fraction of sp³-hybridized carbons (Fsp3) is 0.107. The predicted molar refractivity (Wildman–Crippen MR) is 142 cm³/mol. The quantitative estimate of drug-likeness (QED) is 0.159. The Balaban J connectivity index is 1.49. The SMILES string of the molecule is Cc1ccc(S(=O)(=O)NCC(=O)N/N=C/c2c(OC(=O)c3cccc(C)c3)ccc3ccccc23)cc1. The number of esters is 1. The van der Waals surface area contributed by atoms with Crippen molar-refractivity contribution in [2.75, 3.05) is 6.54 Å². The summed E-state index contributed by atoms with van der Waals surface area (Å²) in [6.45, 7) is 3.23. The van der Waals surface area contributed by atoms with Crippen LogP contribution >= 0.6 is 0 Å². The number of nitrogens with zero attached hydrogens (tertiary/aromatic N) is 1. The van der Waals surface area contributed by atoms with Gasteiger partial charge in [0, 0.05) is 5.56 Å². The first kappa shape index (κ1) is 25.7. The van der Waals surface area contributed by atoms with Crippen molar-refractivity contribution in [1.82, 2.24) is 10.1 Å². The molecular weight excluding hydrogens is 490 g/mol. The monoisotopic (exact) mass is 515 g/mol. The Morgan fingerprint density at radius 3 is 2.41 bits per heavy atom. The third kappa shape index (κ3) is 6.46. The van der Waals surface area contributed by atoms with Crippen LogP contribution in [0.3, 0.4) is 0 Å². The number of sulfonamides is 1. The van der Waals surface area contributed by atoms with Crippen LogP contribution in [0.2, 0.25) is 0 Å². The first-order chi connectivity index (χ1) is 17.7. The Hall–Kier alpha value is -4.34. The van der Waals surface area contributed by atoms with Gasteiger partial charge in [-0.2, -0.15) is 5.10 Å². The first-order valence-electron chi connectivity index (χ1n) is 11.4. The molecule has 9 heteroatoms. The van der Waals surface area contributed by atoms with Crippen molar-refractivity contribution in [3.05, 3.63) is 107 Å². The maximum atomic E-state index is 12.7. The predicted octanol–water partition coefficient (Wildman–Crippen LogP) is 4.10. The second-order valence-electron chi connectivity index (χ2n) is 8.39. The number of hydrazone groups is 1. The molecule has 4 aromatic rings. The molecule has 0 aliphatic carbocycles. The minimum atomic E-state index is -3.85. The molecule has 37 heavy (non-hydrogen) atoms. The average Bonchev–Trinajstić information content (AvgIpc) is 2.89. The number of carbonyl (C=O) groups excluding carboxylic acids is 2. The summed E-state index contributed by atoms with van der Waals surface area (Å²) in [5.74, 6) is -0.920. The number of hydrogen-bond donors (Lipinski definition) is 2. The lowest BCUT2D eigenvalue weighted by Crippen LogP contribution is -2.34. The van der Waals surface area contributed by atoms with E-state index in [2.05, 4.69) is 15.2 Å². The largest absolute Gasteiger partial charge is 0.422 e. The second-order valence-corrected chi connectivity index (χ2v) is 10.2. The van der Waals surface area contributed by atoms with E-state index in [4.69, 9.17) is 4.74 Å². The van der Waals surface area contributed by atoms with E-state index in [1.807, 2.05) is 50.2 Å². The molecule has 0 aromatic heterocycles. The van der Waals surface area contributed by atoms with Gasteiger partial charge in [0.05, 0.1) is 23.2 Å². The fourth-order valence-corrected chi connectivity index (χ4v) is 4.58. The van der Waals surface area contributed by atoms with Crippen molar-refractivity contribution in [2.24, 2.45) is 5.10 Å². The Bertz CT molecular complexity index is 1600. The van der Waals surface area contributed by atoms with E-state index in [1.165, 1.54) is 18.3 Å². The molecule has 0 heterocycles.